The van der Waals surface area contributed by atoms with E-state index in [-0.39, 0.29) is 5.97 Å². The number of methoxy groups -OCH3 is 1. The van der Waals surface area contributed by atoms with Gasteiger partial charge >= 0.3 is 5.97 Å². The van der Waals surface area contributed by atoms with E-state index in [1.807, 2.05) is 36.0 Å². The van der Waals surface area contributed by atoms with E-state index >= 15 is 0 Å². The number of thioether (sulfide) groups is 1. The van der Waals surface area contributed by atoms with Crippen LogP contribution in [0.1, 0.15) is 28.8 Å². The van der Waals surface area contributed by atoms with Crippen LogP contribution in [0.25, 0.3) is 0 Å². The Morgan fingerprint density at radius 3 is 2.56 bits per heavy atom. The van der Waals surface area contributed by atoms with Gasteiger partial charge in [-0.3, -0.25) is 0 Å². The summed E-state index contributed by atoms with van der Waals surface area (Å²) in [6, 6.07) is 7.56. The summed E-state index contributed by atoms with van der Waals surface area (Å²) in [4.78, 5) is 11.3. The molecule has 0 amide bonds. The molecule has 0 unspecified atom stereocenters. The van der Waals surface area contributed by atoms with Gasteiger partial charge in [-0.2, -0.15) is 11.8 Å². The molecule has 98 valence electrons. The van der Waals surface area contributed by atoms with Crippen LogP contribution in [-0.2, 0) is 11.3 Å². The van der Waals surface area contributed by atoms with Crippen LogP contribution in [0.3, 0.4) is 0 Å². The first-order valence-corrected chi connectivity index (χ1v) is 7.35. The second kappa shape index (κ2) is 5.76. The lowest BCUT2D eigenvalue weighted by Crippen LogP contribution is -2.25. The molecule has 0 bridgehead atoms. The van der Waals surface area contributed by atoms with Crippen molar-refractivity contribution >= 4 is 17.7 Å². The van der Waals surface area contributed by atoms with Crippen LogP contribution in [0.15, 0.2) is 24.3 Å². The molecule has 2 rings (SSSR count). The molecule has 1 aromatic rings. The molecular weight excluding hydrogens is 246 g/mol. The van der Waals surface area contributed by atoms with E-state index in [4.69, 9.17) is 0 Å². The average molecular weight is 265 g/mol. The Labute approximate surface area is 112 Å². The molecule has 4 heteroatoms. The minimum absolute atomic E-state index is 0.283. The SMILES string of the molecule is COC(=O)c1ccc(CNCC2(SC)CC2)cc1. The molecule has 0 aromatic heterocycles. The van der Waals surface area contributed by atoms with E-state index in [1.54, 1.807) is 0 Å². The van der Waals surface area contributed by atoms with Crippen LogP contribution >= 0.6 is 11.8 Å². The third-order valence-electron chi connectivity index (χ3n) is 3.39. The average Bonchev–Trinajstić information content (AvgIpc) is 3.19. The second-order valence-electron chi connectivity index (χ2n) is 4.68. The topological polar surface area (TPSA) is 38.3 Å². The Morgan fingerprint density at radius 1 is 1.39 bits per heavy atom. The molecule has 0 radical (unpaired) electrons. The molecule has 0 aliphatic heterocycles. The Hall–Kier alpha value is -1.00. The van der Waals surface area contributed by atoms with Gasteiger partial charge in [0.25, 0.3) is 0 Å². The van der Waals surface area contributed by atoms with Crippen LogP contribution < -0.4 is 5.32 Å². The minimum atomic E-state index is -0.283. The number of hydrogen-bond donors (Lipinski definition) is 1. The van der Waals surface area contributed by atoms with Crippen LogP contribution in [0.4, 0.5) is 0 Å². The molecule has 1 aliphatic carbocycles. The van der Waals surface area contributed by atoms with Crippen molar-refractivity contribution in [2.45, 2.75) is 24.1 Å². The number of carbonyl (C=O) groups excluding carboxylic acids is 1. The van der Waals surface area contributed by atoms with Crippen molar-refractivity contribution in [1.29, 1.82) is 0 Å². The molecule has 18 heavy (non-hydrogen) atoms. The number of carbonyl (C=O) groups is 1. The highest BCUT2D eigenvalue weighted by Crippen LogP contribution is 2.46. The van der Waals surface area contributed by atoms with Gasteiger partial charge in [0.1, 0.15) is 0 Å². The van der Waals surface area contributed by atoms with E-state index in [0.717, 1.165) is 13.1 Å². The smallest absolute Gasteiger partial charge is 0.337 e. The highest BCUT2D eigenvalue weighted by Gasteiger charge is 2.41. The van der Waals surface area contributed by atoms with E-state index in [1.165, 1.54) is 25.5 Å². The molecule has 3 nitrogen and oxygen atoms in total. The Kier molecular flexibility index (Phi) is 4.30. The molecule has 1 saturated carbocycles. The quantitative estimate of drug-likeness (QED) is 0.802. The fourth-order valence-corrected chi connectivity index (χ4v) is 2.66. The van der Waals surface area contributed by atoms with Crippen molar-refractivity contribution in [1.82, 2.24) is 5.32 Å². The van der Waals surface area contributed by atoms with Crippen LogP contribution in [0.2, 0.25) is 0 Å². The fraction of sp³-hybridized carbons (Fsp3) is 0.500. The summed E-state index contributed by atoms with van der Waals surface area (Å²) in [5.41, 5.74) is 1.79. The fourth-order valence-electron chi connectivity index (χ4n) is 1.90. The first-order chi connectivity index (χ1) is 8.69. The van der Waals surface area contributed by atoms with Crippen LogP contribution in [0, 0.1) is 0 Å². The first-order valence-electron chi connectivity index (χ1n) is 6.12. The van der Waals surface area contributed by atoms with Gasteiger partial charge in [-0.05, 0) is 36.8 Å². The van der Waals surface area contributed by atoms with Crippen molar-refractivity contribution in [3.05, 3.63) is 35.4 Å². The van der Waals surface area contributed by atoms with Gasteiger partial charge in [-0.15, -0.1) is 0 Å². The van der Waals surface area contributed by atoms with E-state index in [0.29, 0.717) is 10.3 Å². The highest BCUT2D eigenvalue weighted by molar-refractivity contribution is 8.00. The normalized spacial score (nSPS) is 16.3. The lowest BCUT2D eigenvalue weighted by molar-refractivity contribution is 0.0600. The van der Waals surface area contributed by atoms with Crippen LogP contribution in [0.5, 0.6) is 0 Å². The number of ether oxygens (including phenoxy) is 1. The Bertz CT molecular complexity index is 412. The van der Waals surface area contributed by atoms with Gasteiger partial charge < -0.3 is 10.1 Å². The summed E-state index contributed by atoms with van der Waals surface area (Å²) in [5.74, 6) is -0.283. The minimum Gasteiger partial charge on any atom is -0.465 e. The van der Waals surface area contributed by atoms with Gasteiger partial charge in [0.05, 0.1) is 12.7 Å². The van der Waals surface area contributed by atoms with Crippen LogP contribution in [-0.4, -0.2) is 30.6 Å². The third-order valence-corrected chi connectivity index (χ3v) is 4.81. The zero-order valence-corrected chi connectivity index (χ0v) is 11.7. The highest BCUT2D eigenvalue weighted by atomic mass is 32.2. The third kappa shape index (κ3) is 3.27. The van der Waals surface area contributed by atoms with Gasteiger partial charge in [0, 0.05) is 17.8 Å². The number of nitrogens with one attached hydrogen (secondary N) is 1. The summed E-state index contributed by atoms with van der Waals surface area (Å²) in [7, 11) is 1.40. The van der Waals surface area contributed by atoms with Crippen molar-refractivity contribution in [2.24, 2.45) is 0 Å². The number of rotatable bonds is 6. The van der Waals surface area contributed by atoms with Gasteiger partial charge in [0.15, 0.2) is 0 Å². The molecular formula is C14H19NO2S. The maximum absolute atomic E-state index is 11.3. The van der Waals surface area contributed by atoms with Crippen molar-refractivity contribution < 1.29 is 9.53 Å². The van der Waals surface area contributed by atoms with Crippen molar-refractivity contribution in [3.8, 4) is 0 Å². The van der Waals surface area contributed by atoms with Gasteiger partial charge in [-0.25, -0.2) is 4.79 Å². The number of benzene rings is 1. The monoisotopic (exact) mass is 265 g/mol. The molecule has 1 fully saturated rings. The molecule has 1 aliphatic rings. The maximum Gasteiger partial charge on any atom is 0.337 e. The summed E-state index contributed by atoms with van der Waals surface area (Å²) in [6.07, 6.45) is 4.82. The molecule has 0 heterocycles. The van der Waals surface area contributed by atoms with Gasteiger partial charge in [-0.1, -0.05) is 12.1 Å². The Morgan fingerprint density at radius 2 is 2.06 bits per heavy atom. The van der Waals surface area contributed by atoms with Crippen molar-refractivity contribution in [3.63, 3.8) is 0 Å². The molecule has 0 spiro atoms. The maximum atomic E-state index is 11.3. The first kappa shape index (κ1) is 13.4. The number of esters is 1. The van der Waals surface area contributed by atoms with E-state index in [2.05, 4.69) is 16.3 Å². The summed E-state index contributed by atoms with van der Waals surface area (Å²) in [5, 5.41) is 3.48. The van der Waals surface area contributed by atoms with Gasteiger partial charge in [0.2, 0.25) is 0 Å². The summed E-state index contributed by atoms with van der Waals surface area (Å²) >= 11 is 1.96. The largest absolute Gasteiger partial charge is 0.465 e. The molecule has 1 aromatic carbocycles. The number of hydrogen-bond acceptors (Lipinski definition) is 4. The van der Waals surface area contributed by atoms with E-state index in [9.17, 15) is 4.79 Å². The molecule has 0 atom stereocenters. The lowest BCUT2D eigenvalue weighted by atomic mass is 10.1. The summed E-state index contributed by atoms with van der Waals surface area (Å²) in [6.45, 7) is 1.91. The predicted molar refractivity (Wildman–Crippen MR) is 75.0 cm³/mol. The van der Waals surface area contributed by atoms with Crippen molar-refractivity contribution in [2.75, 3.05) is 19.9 Å². The molecule has 0 saturated heterocycles. The zero-order valence-electron chi connectivity index (χ0n) is 10.9. The molecule has 1 N–H and O–H groups in total. The lowest BCUT2D eigenvalue weighted by Gasteiger charge is -2.13. The summed E-state index contributed by atoms with van der Waals surface area (Å²) < 4.78 is 5.16. The zero-order chi connectivity index (χ0) is 13.0. The predicted octanol–water partition coefficient (Wildman–Crippen LogP) is 2.46. The van der Waals surface area contributed by atoms with E-state index < -0.39 is 0 Å². The second-order valence-corrected chi connectivity index (χ2v) is 5.95. The standard InChI is InChI=1S/C14H19NO2S/c1-17-13(16)12-5-3-11(4-6-12)9-15-10-14(18-2)7-8-14/h3-6,15H,7-10H2,1-2H3. The Balaban J connectivity index is 1.81.